The summed E-state index contributed by atoms with van der Waals surface area (Å²) in [7, 11) is 0. The lowest BCUT2D eigenvalue weighted by molar-refractivity contribution is -0.289. The van der Waals surface area contributed by atoms with Crippen LogP contribution in [-0.4, -0.2) is 44.7 Å². The molecule has 1 aliphatic heterocycles. The Kier molecular flexibility index (Phi) is 5.02. The van der Waals surface area contributed by atoms with E-state index < -0.39 is 30.7 Å². The van der Waals surface area contributed by atoms with Crippen molar-refractivity contribution in [1.29, 1.82) is 0 Å². The minimum Gasteiger partial charge on any atom is -0.390 e. The van der Waals surface area contributed by atoms with Crippen molar-refractivity contribution in [3.05, 3.63) is 71.0 Å². The van der Waals surface area contributed by atoms with Gasteiger partial charge in [0.15, 0.2) is 0 Å². The topological polar surface area (TPSA) is 55.1 Å². The van der Waals surface area contributed by atoms with Crippen molar-refractivity contribution in [3.8, 4) is 0 Å². The van der Waals surface area contributed by atoms with Crippen molar-refractivity contribution in [2.24, 2.45) is 0 Å². The van der Waals surface area contributed by atoms with Gasteiger partial charge in [-0.2, -0.15) is 22.0 Å². The predicted molar refractivity (Wildman–Crippen MR) is 115 cm³/mol. The number of aromatic nitrogens is 2. The van der Waals surface area contributed by atoms with E-state index >= 15 is 0 Å². The molecular formula is C24H22F5N3O. The van der Waals surface area contributed by atoms with Crippen LogP contribution in [0.25, 0.3) is 21.8 Å². The Morgan fingerprint density at radius 2 is 1.76 bits per heavy atom. The molecule has 2 atom stereocenters. The van der Waals surface area contributed by atoms with Gasteiger partial charge in [0.05, 0.1) is 19.2 Å². The van der Waals surface area contributed by atoms with Gasteiger partial charge in [0.25, 0.3) is 0 Å². The fourth-order valence-electron chi connectivity index (χ4n) is 4.90. The van der Waals surface area contributed by atoms with E-state index in [1.54, 1.807) is 31.2 Å². The SMILES string of the molecule is C[C@@H]1Cc2c([nH]c3ccccc23)[C@@H](c2ccc3[nH]c(CO)cc3c2)N1CC(F)(F)C(F)(F)F. The summed E-state index contributed by atoms with van der Waals surface area (Å²) in [6.45, 7) is 0.0492. The molecular weight excluding hydrogens is 441 g/mol. The number of aliphatic hydroxyl groups excluding tert-OH is 1. The summed E-state index contributed by atoms with van der Waals surface area (Å²) in [5.74, 6) is -4.86. The summed E-state index contributed by atoms with van der Waals surface area (Å²) in [5.41, 5.74) is 4.31. The van der Waals surface area contributed by atoms with Gasteiger partial charge in [-0.1, -0.05) is 24.3 Å². The quantitative estimate of drug-likeness (QED) is 0.342. The number of fused-ring (bicyclic) bond motifs is 4. The van der Waals surface area contributed by atoms with Gasteiger partial charge in [-0.25, -0.2) is 0 Å². The van der Waals surface area contributed by atoms with Crippen LogP contribution in [0.1, 0.15) is 35.5 Å². The lowest BCUT2D eigenvalue weighted by Gasteiger charge is -2.42. The normalized spacial score (nSPS) is 20.0. The number of hydrogen-bond acceptors (Lipinski definition) is 2. The van der Waals surface area contributed by atoms with Crippen molar-refractivity contribution in [3.63, 3.8) is 0 Å². The Labute approximate surface area is 186 Å². The number of nitrogens with one attached hydrogen (secondary N) is 2. The largest absolute Gasteiger partial charge is 0.454 e. The first-order valence-electron chi connectivity index (χ1n) is 10.6. The molecule has 0 saturated heterocycles. The number of para-hydroxylation sites is 1. The Hall–Kier alpha value is -2.91. The highest BCUT2D eigenvalue weighted by atomic mass is 19.4. The first-order chi connectivity index (χ1) is 15.6. The molecule has 0 saturated carbocycles. The molecule has 2 aromatic carbocycles. The molecule has 3 heterocycles. The summed E-state index contributed by atoms with van der Waals surface area (Å²) < 4.78 is 67.9. The number of halogens is 5. The van der Waals surface area contributed by atoms with Gasteiger partial charge in [0.1, 0.15) is 0 Å². The molecule has 2 aromatic heterocycles. The number of benzene rings is 2. The zero-order chi connectivity index (χ0) is 23.5. The molecule has 0 radical (unpaired) electrons. The molecule has 9 heteroatoms. The summed E-state index contributed by atoms with van der Waals surface area (Å²) in [6.07, 6.45) is -5.29. The predicted octanol–water partition coefficient (Wildman–Crippen LogP) is 5.68. The van der Waals surface area contributed by atoms with Crippen molar-refractivity contribution < 1.29 is 27.1 Å². The molecule has 4 nitrogen and oxygen atoms in total. The molecule has 0 amide bonds. The van der Waals surface area contributed by atoms with Crippen LogP contribution in [0.3, 0.4) is 0 Å². The van der Waals surface area contributed by atoms with Crippen LogP contribution >= 0.6 is 0 Å². The third-order valence-corrected chi connectivity index (χ3v) is 6.50. The Bertz CT molecular complexity index is 1320. The van der Waals surface area contributed by atoms with Crippen LogP contribution in [0.4, 0.5) is 22.0 Å². The number of H-pyrrole nitrogens is 2. The Morgan fingerprint density at radius 1 is 1.00 bits per heavy atom. The number of aromatic amines is 2. The van der Waals surface area contributed by atoms with Gasteiger partial charge in [0, 0.05) is 39.2 Å². The van der Waals surface area contributed by atoms with E-state index in [1.807, 2.05) is 24.3 Å². The molecule has 1 aliphatic rings. The van der Waals surface area contributed by atoms with Crippen molar-refractivity contribution >= 4 is 21.8 Å². The third-order valence-electron chi connectivity index (χ3n) is 6.50. The van der Waals surface area contributed by atoms with Crippen LogP contribution < -0.4 is 0 Å². The first-order valence-corrected chi connectivity index (χ1v) is 10.6. The molecule has 174 valence electrons. The number of alkyl halides is 5. The van der Waals surface area contributed by atoms with Gasteiger partial charge in [-0.15, -0.1) is 0 Å². The fraction of sp³-hybridized carbons (Fsp3) is 0.333. The van der Waals surface area contributed by atoms with Gasteiger partial charge in [-0.3, -0.25) is 4.90 Å². The monoisotopic (exact) mass is 463 g/mol. The molecule has 0 aliphatic carbocycles. The van der Waals surface area contributed by atoms with Crippen molar-refractivity contribution in [2.45, 2.75) is 44.1 Å². The van der Waals surface area contributed by atoms with Crippen LogP contribution in [-0.2, 0) is 13.0 Å². The van der Waals surface area contributed by atoms with E-state index in [-0.39, 0.29) is 6.61 Å². The zero-order valence-electron chi connectivity index (χ0n) is 17.7. The summed E-state index contributed by atoms with van der Waals surface area (Å²) in [4.78, 5) is 7.58. The molecule has 0 unspecified atom stereocenters. The second-order valence-corrected chi connectivity index (χ2v) is 8.69. The van der Waals surface area contributed by atoms with Crippen LogP contribution in [0.5, 0.6) is 0 Å². The zero-order valence-corrected chi connectivity index (χ0v) is 17.7. The van der Waals surface area contributed by atoms with Crippen LogP contribution in [0, 0.1) is 0 Å². The smallest absolute Gasteiger partial charge is 0.390 e. The number of nitrogens with zero attached hydrogens (tertiary/aromatic N) is 1. The van der Waals surface area contributed by atoms with Crippen LogP contribution in [0.2, 0.25) is 0 Å². The maximum atomic E-state index is 14.3. The molecule has 0 bridgehead atoms. The third kappa shape index (κ3) is 3.59. The second kappa shape index (κ2) is 7.56. The minimum atomic E-state index is -5.64. The maximum Gasteiger partial charge on any atom is 0.454 e. The summed E-state index contributed by atoms with van der Waals surface area (Å²) >= 11 is 0. The Balaban J connectivity index is 1.69. The number of aliphatic hydroxyl groups is 1. The summed E-state index contributed by atoms with van der Waals surface area (Å²) in [5, 5.41) is 11.1. The highest BCUT2D eigenvalue weighted by Gasteiger charge is 2.59. The fourth-order valence-corrected chi connectivity index (χ4v) is 4.90. The van der Waals surface area contributed by atoms with E-state index in [1.165, 1.54) is 4.90 Å². The highest BCUT2D eigenvalue weighted by Crippen LogP contribution is 2.45. The molecule has 3 N–H and O–H groups in total. The number of hydrogen-bond donors (Lipinski definition) is 3. The minimum absolute atomic E-state index is 0.194. The van der Waals surface area contributed by atoms with E-state index in [0.29, 0.717) is 23.4 Å². The molecule has 0 fully saturated rings. The van der Waals surface area contributed by atoms with E-state index in [2.05, 4.69) is 9.97 Å². The Morgan fingerprint density at radius 3 is 2.48 bits per heavy atom. The van der Waals surface area contributed by atoms with E-state index in [9.17, 15) is 27.1 Å². The molecule has 0 spiro atoms. The standard InChI is InChI=1S/C24H22F5N3O/c1-13-8-18-17-4-2-3-5-20(17)31-21(18)22(32(13)12-23(25,26)24(27,28)29)14-6-7-19-15(9-14)10-16(11-33)30-19/h2-7,9-10,13,22,30-31,33H,8,11-12H2,1H3/t13-,22-/m1/s1. The maximum absolute atomic E-state index is 14.3. The summed E-state index contributed by atoms with van der Waals surface area (Å²) in [6, 6.07) is 13.2. The van der Waals surface area contributed by atoms with Gasteiger partial charge >= 0.3 is 12.1 Å². The first kappa shape index (κ1) is 21.9. The lowest BCUT2D eigenvalue weighted by atomic mass is 9.88. The van der Waals surface area contributed by atoms with Crippen molar-refractivity contribution in [2.75, 3.05) is 6.54 Å². The van der Waals surface area contributed by atoms with E-state index in [0.717, 1.165) is 27.4 Å². The van der Waals surface area contributed by atoms with Crippen molar-refractivity contribution in [1.82, 2.24) is 14.9 Å². The molecule has 5 rings (SSSR count). The number of rotatable bonds is 4. The van der Waals surface area contributed by atoms with Gasteiger partial charge in [0.2, 0.25) is 0 Å². The second-order valence-electron chi connectivity index (χ2n) is 8.69. The highest BCUT2D eigenvalue weighted by molar-refractivity contribution is 5.86. The van der Waals surface area contributed by atoms with Crippen LogP contribution in [0.15, 0.2) is 48.5 Å². The van der Waals surface area contributed by atoms with E-state index in [4.69, 9.17) is 0 Å². The lowest BCUT2D eigenvalue weighted by Crippen LogP contribution is -2.52. The van der Waals surface area contributed by atoms with Gasteiger partial charge < -0.3 is 15.1 Å². The average molecular weight is 463 g/mol. The average Bonchev–Trinajstić information content (AvgIpc) is 3.33. The van der Waals surface area contributed by atoms with Gasteiger partial charge in [-0.05, 0) is 48.7 Å². The molecule has 33 heavy (non-hydrogen) atoms. The molecule has 4 aromatic rings.